The maximum Gasteiger partial charge on any atom is 0.227 e. The Bertz CT molecular complexity index is 864. The van der Waals surface area contributed by atoms with Gasteiger partial charge >= 0.3 is 0 Å². The third-order valence-electron chi connectivity index (χ3n) is 4.72. The van der Waals surface area contributed by atoms with E-state index in [-0.39, 0.29) is 18.4 Å². The van der Waals surface area contributed by atoms with Crippen LogP contribution in [0.3, 0.4) is 0 Å². The van der Waals surface area contributed by atoms with Gasteiger partial charge in [-0.25, -0.2) is 4.98 Å². The molecule has 0 saturated carbocycles. The number of nitrogens with one attached hydrogen (secondary N) is 1. The predicted molar refractivity (Wildman–Crippen MR) is 104 cm³/mol. The third kappa shape index (κ3) is 4.37. The normalized spacial score (nSPS) is 17.6. The standard InChI is InChI=1S/C19H23N5O2.ClH/c1-13-18(14-6-4-3-5-7-14)25-16(21-13)8-9-17-22-19(23-26-17)15-12-20-10-11-24(15)2;/h3-7,15,20H,8-12H2,1-2H3;1H. The number of aromatic nitrogens is 3. The van der Waals surface area contributed by atoms with Crippen LogP contribution in [0.2, 0.25) is 0 Å². The van der Waals surface area contributed by atoms with Gasteiger partial charge in [-0.3, -0.25) is 4.90 Å². The van der Waals surface area contributed by atoms with Crippen LogP contribution in [0.4, 0.5) is 0 Å². The summed E-state index contributed by atoms with van der Waals surface area (Å²) < 4.78 is 11.4. The molecule has 0 bridgehead atoms. The van der Waals surface area contributed by atoms with E-state index in [0.29, 0.717) is 24.6 Å². The zero-order valence-electron chi connectivity index (χ0n) is 15.5. The summed E-state index contributed by atoms with van der Waals surface area (Å²) in [7, 11) is 2.09. The van der Waals surface area contributed by atoms with Crippen LogP contribution in [-0.2, 0) is 12.8 Å². The molecule has 0 spiro atoms. The van der Waals surface area contributed by atoms with Crippen molar-refractivity contribution in [2.24, 2.45) is 0 Å². The second-order valence-electron chi connectivity index (χ2n) is 6.64. The molecule has 1 aliphatic heterocycles. The number of oxazole rings is 1. The van der Waals surface area contributed by atoms with E-state index in [1.54, 1.807) is 0 Å². The van der Waals surface area contributed by atoms with Gasteiger partial charge in [0.25, 0.3) is 0 Å². The summed E-state index contributed by atoms with van der Waals surface area (Å²) in [5.41, 5.74) is 1.93. The van der Waals surface area contributed by atoms with Crippen molar-refractivity contribution in [2.45, 2.75) is 25.8 Å². The van der Waals surface area contributed by atoms with Crippen LogP contribution in [-0.4, -0.2) is 46.7 Å². The zero-order valence-corrected chi connectivity index (χ0v) is 16.3. The van der Waals surface area contributed by atoms with Gasteiger partial charge in [0.2, 0.25) is 5.89 Å². The monoisotopic (exact) mass is 389 g/mol. The van der Waals surface area contributed by atoms with Crippen LogP contribution in [0.5, 0.6) is 0 Å². The zero-order chi connectivity index (χ0) is 17.9. The van der Waals surface area contributed by atoms with Crippen LogP contribution in [0.15, 0.2) is 39.3 Å². The van der Waals surface area contributed by atoms with Gasteiger partial charge in [0.15, 0.2) is 17.5 Å². The van der Waals surface area contributed by atoms with Gasteiger partial charge in [-0.15, -0.1) is 12.4 Å². The fourth-order valence-electron chi connectivity index (χ4n) is 3.23. The minimum absolute atomic E-state index is 0. The van der Waals surface area contributed by atoms with Crippen molar-refractivity contribution in [1.82, 2.24) is 25.3 Å². The number of hydrogen-bond donors (Lipinski definition) is 1. The van der Waals surface area contributed by atoms with Crippen molar-refractivity contribution in [3.8, 4) is 11.3 Å². The maximum absolute atomic E-state index is 5.94. The van der Waals surface area contributed by atoms with Gasteiger partial charge in [0.1, 0.15) is 0 Å². The molecule has 0 radical (unpaired) electrons. The molecule has 1 aromatic carbocycles. The SMILES string of the molecule is Cc1nc(CCc2nc(C3CNCCN3C)no2)oc1-c1ccccc1.Cl. The number of likely N-dealkylation sites (N-methyl/N-ethyl adjacent to an activating group) is 1. The number of piperazine rings is 1. The molecular formula is C19H24ClN5O2. The second-order valence-corrected chi connectivity index (χ2v) is 6.64. The van der Waals surface area contributed by atoms with Gasteiger partial charge in [-0.1, -0.05) is 35.5 Å². The van der Waals surface area contributed by atoms with Crippen molar-refractivity contribution in [2.75, 3.05) is 26.7 Å². The number of nitrogens with zero attached hydrogens (tertiary/aromatic N) is 4. The van der Waals surface area contributed by atoms with E-state index in [1.807, 2.05) is 37.3 Å². The minimum Gasteiger partial charge on any atom is -0.440 e. The molecule has 1 saturated heterocycles. The Balaban J connectivity index is 0.00000210. The molecule has 3 aromatic rings. The number of aryl methyl sites for hydroxylation is 3. The summed E-state index contributed by atoms with van der Waals surface area (Å²) in [6.45, 7) is 4.78. The summed E-state index contributed by atoms with van der Waals surface area (Å²) in [6.07, 6.45) is 1.25. The van der Waals surface area contributed by atoms with Crippen molar-refractivity contribution >= 4 is 12.4 Å². The molecule has 1 N–H and O–H groups in total. The lowest BCUT2D eigenvalue weighted by Gasteiger charge is -2.30. The van der Waals surface area contributed by atoms with E-state index in [4.69, 9.17) is 8.94 Å². The number of benzene rings is 1. The smallest absolute Gasteiger partial charge is 0.227 e. The van der Waals surface area contributed by atoms with Gasteiger partial charge in [0.05, 0.1) is 11.7 Å². The van der Waals surface area contributed by atoms with Crippen molar-refractivity contribution in [3.05, 3.63) is 53.6 Å². The molecule has 27 heavy (non-hydrogen) atoms. The largest absolute Gasteiger partial charge is 0.440 e. The first-order chi connectivity index (χ1) is 12.7. The topological polar surface area (TPSA) is 80.2 Å². The molecule has 3 heterocycles. The highest BCUT2D eigenvalue weighted by Crippen LogP contribution is 2.25. The van der Waals surface area contributed by atoms with Crippen LogP contribution in [0, 0.1) is 6.92 Å². The Kier molecular flexibility index (Phi) is 6.26. The van der Waals surface area contributed by atoms with E-state index in [9.17, 15) is 0 Å². The molecule has 0 amide bonds. The molecule has 1 aliphatic rings. The summed E-state index contributed by atoms with van der Waals surface area (Å²) in [4.78, 5) is 11.3. The molecule has 0 aliphatic carbocycles. The Morgan fingerprint density at radius 1 is 1.15 bits per heavy atom. The average Bonchev–Trinajstić information content (AvgIpc) is 3.28. The van der Waals surface area contributed by atoms with Crippen LogP contribution in [0.25, 0.3) is 11.3 Å². The Morgan fingerprint density at radius 3 is 2.70 bits per heavy atom. The Morgan fingerprint density at radius 2 is 1.93 bits per heavy atom. The van der Waals surface area contributed by atoms with Crippen LogP contribution >= 0.6 is 12.4 Å². The second kappa shape index (κ2) is 8.65. The highest BCUT2D eigenvalue weighted by atomic mass is 35.5. The number of hydrogen-bond acceptors (Lipinski definition) is 7. The van der Waals surface area contributed by atoms with Crippen molar-refractivity contribution in [3.63, 3.8) is 0 Å². The number of rotatable bonds is 5. The Hall–Kier alpha value is -2.22. The fraction of sp³-hybridized carbons (Fsp3) is 0.421. The highest BCUT2D eigenvalue weighted by molar-refractivity contribution is 5.85. The quantitative estimate of drug-likeness (QED) is 0.718. The van der Waals surface area contributed by atoms with E-state index >= 15 is 0 Å². The van der Waals surface area contributed by atoms with Gasteiger partial charge in [0, 0.05) is 38.0 Å². The average molecular weight is 390 g/mol. The van der Waals surface area contributed by atoms with E-state index < -0.39 is 0 Å². The summed E-state index contributed by atoms with van der Waals surface area (Å²) in [5, 5.41) is 7.52. The summed E-state index contributed by atoms with van der Waals surface area (Å²) in [6, 6.07) is 10.2. The van der Waals surface area contributed by atoms with E-state index in [2.05, 4.69) is 32.4 Å². The molecule has 1 fully saturated rings. The number of halogens is 1. The molecule has 2 aromatic heterocycles. The summed E-state index contributed by atoms with van der Waals surface area (Å²) >= 11 is 0. The first-order valence-electron chi connectivity index (χ1n) is 8.96. The molecule has 8 heteroatoms. The lowest BCUT2D eigenvalue weighted by atomic mass is 10.1. The van der Waals surface area contributed by atoms with Crippen LogP contribution < -0.4 is 5.32 Å². The maximum atomic E-state index is 5.94. The minimum atomic E-state index is 0. The molecule has 144 valence electrons. The van der Waals surface area contributed by atoms with Crippen molar-refractivity contribution in [1.29, 1.82) is 0 Å². The fourth-order valence-corrected chi connectivity index (χ4v) is 3.23. The molecule has 4 rings (SSSR count). The highest BCUT2D eigenvalue weighted by Gasteiger charge is 2.25. The lowest BCUT2D eigenvalue weighted by Crippen LogP contribution is -2.44. The first kappa shape index (κ1) is 19.5. The predicted octanol–water partition coefficient (Wildman–Crippen LogP) is 2.82. The lowest BCUT2D eigenvalue weighted by molar-refractivity contribution is 0.190. The summed E-state index contributed by atoms with van der Waals surface area (Å²) in [5.74, 6) is 2.87. The van der Waals surface area contributed by atoms with Gasteiger partial charge < -0.3 is 14.3 Å². The Labute approximate surface area is 164 Å². The van der Waals surface area contributed by atoms with Crippen LogP contribution in [0.1, 0.15) is 29.3 Å². The van der Waals surface area contributed by atoms with Gasteiger partial charge in [-0.2, -0.15) is 4.98 Å². The first-order valence-corrected chi connectivity index (χ1v) is 8.96. The van der Waals surface area contributed by atoms with E-state index in [1.165, 1.54) is 0 Å². The van der Waals surface area contributed by atoms with Gasteiger partial charge in [-0.05, 0) is 14.0 Å². The van der Waals surface area contributed by atoms with E-state index in [0.717, 1.165) is 42.5 Å². The molecule has 7 nitrogen and oxygen atoms in total. The van der Waals surface area contributed by atoms with Crippen molar-refractivity contribution < 1.29 is 8.94 Å². The third-order valence-corrected chi connectivity index (χ3v) is 4.72. The molecule has 1 atom stereocenters. The molecular weight excluding hydrogens is 366 g/mol. The molecule has 1 unspecified atom stereocenters.